The van der Waals surface area contributed by atoms with Crippen LogP contribution in [0.25, 0.3) is 0 Å². The van der Waals surface area contributed by atoms with Crippen molar-refractivity contribution in [2.75, 3.05) is 0 Å². The van der Waals surface area contributed by atoms with Crippen molar-refractivity contribution in [2.45, 2.75) is 19.8 Å². The lowest BCUT2D eigenvalue weighted by molar-refractivity contribution is -0.119. The average molecular weight is 248 g/mol. The minimum Gasteiger partial charge on any atom is -0.506 e. The van der Waals surface area contributed by atoms with Crippen molar-refractivity contribution in [3.63, 3.8) is 0 Å². The Morgan fingerprint density at radius 2 is 2.07 bits per heavy atom. The molecule has 3 nitrogen and oxygen atoms in total. The van der Waals surface area contributed by atoms with Crippen molar-refractivity contribution < 1.29 is 9.90 Å². The van der Waals surface area contributed by atoms with E-state index in [-0.39, 0.29) is 10.8 Å². The first-order chi connectivity index (χ1) is 6.86. The lowest BCUT2D eigenvalue weighted by Crippen LogP contribution is -2.19. The molecule has 1 amide bonds. The summed E-state index contributed by atoms with van der Waals surface area (Å²) >= 11 is 11.7. The summed E-state index contributed by atoms with van der Waals surface area (Å²) in [6.07, 6.45) is 0. The van der Waals surface area contributed by atoms with Gasteiger partial charge in [-0.05, 0) is 25.5 Å². The van der Waals surface area contributed by atoms with Crippen molar-refractivity contribution in [2.24, 2.45) is 5.73 Å². The molecule has 0 bridgehead atoms. The maximum absolute atomic E-state index is 11.0. The van der Waals surface area contributed by atoms with Gasteiger partial charge in [0.2, 0.25) is 5.91 Å². The molecule has 1 rings (SSSR count). The number of phenolic OH excluding ortho intramolecular Hbond substituents is 1. The Morgan fingerprint density at radius 1 is 1.53 bits per heavy atom. The summed E-state index contributed by atoms with van der Waals surface area (Å²) in [5.74, 6) is -1.30. The number of halogens is 2. The van der Waals surface area contributed by atoms with E-state index in [1.807, 2.05) is 0 Å². The van der Waals surface area contributed by atoms with Crippen molar-refractivity contribution in [3.05, 3.63) is 27.2 Å². The van der Waals surface area contributed by atoms with E-state index in [4.69, 9.17) is 28.9 Å². The van der Waals surface area contributed by atoms with Crippen molar-refractivity contribution in [1.82, 2.24) is 0 Å². The van der Waals surface area contributed by atoms with Crippen LogP contribution in [0.3, 0.4) is 0 Å². The molecule has 0 aliphatic rings. The number of rotatable bonds is 2. The Morgan fingerprint density at radius 3 is 2.53 bits per heavy atom. The number of amides is 1. The lowest BCUT2D eigenvalue weighted by Gasteiger charge is -2.13. The number of carbonyl (C=O) groups excluding carboxylic acids is 1. The Labute approximate surface area is 97.8 Å². The van der Waals surface area contributed by atoms with Gasteiger partial charge in [0, 0.05) is 10.6 Å². The highest BCUT2D eigenvalue weighted by Crippen LogP contribution is 2.38. The van der Waals surface area contributed by atoms with Crippen LogP contribution >= 0.6 is 23.2 Å². The molecule has 1 unspecified atom stereocenters. The SMILES string of the molecule is Cc1c(Cl)cc(C(C)C(N)=O)c(O)c1Cl. The molecular weight excluding hydrogens is 237 g/mol. The third-order valence-electron chi connectivity index (χ3n) is 2.34. The van der Waals surface area contributed by atoms with Crippen LogP contribution in [0.5, 0.6) is 5.75 Å². The molecule has 0 fully saturated rings. The standard InChI is InChI=1S/C10H11Cl2NO2/c1-4(10(13)15)6-3-7(11)5(2)8(12)9(6)14/h3-4,14H,1-2H3,(H2,13,15). The van der Waals surface area contributed by atoms with Gasteiger partial charge < -0.3 is 10.8 Å². The molecule has 3 N–H and O–H groups in total. The molecule has 15 heavy (non-hydrogen) atoms. The number of hydrogen-bond donors (Lipinski definition) is 2. The number of primary amides is 1. The fourth-order valence-corrected chi connectivity index (χ4v) is 1.68. The highest BCUT2D eigenvalue weighted by molar-refractivity contribution is 6.37. The van der Waals surface area contributed by atoms with Gasteiger partial charge in [0.1, 0.15) is 5.75 Å². The molecule has 0 saturated heterocycles. The molecule has 0 aliphatic heterocycles. The molecule has 0 saturated carbocycles. The van der Waals surface area contributed by atoms with Crippen molar-refractivity contribution in [1.29, 1.82) is 0 Å². The molecule has 5 heteroatoms. The predicted octanol–water partition coefficient (Wildman–Crippen LogP) is 2.60. The second-order valence-electron chi connectivity index (χ2n) is 3.36. The maximum Gasteiger partial charge on any atom is 0.224 e. The number of nitrogens with two attached hydrogens (primary N) is 1. The number of phenols is 1. The second-order valence-corrected chi connectivity index (χ2v) is 4.14. The van der Waals surface area contributed by atoms with Crippen LogP contribution in [-0.4, -0.2) is 11.0 Å². The average Bonchev–Trinajstić information content (AvgIpc) is 2.19. The molecule has 1 aromatic rings. The van der Waals surface area contributed by atoms with Gasteiger partial charge in [-0.2, -0.15) is 0 Å². The van der Waals surface area contributed by atoms with E-state index in [0.29, 0.717) is 16.1 Å². The van der Waals surface area contributed by atoms with Gasteiger partial charge in [-0.1, -0.05) is 23.2 Å². The topological polar surface area (TPSA) is 63.3 Å². The van der Waals surface area contributed by atoms with E-state index in [1.165, 1.54) is 6.07 Å². The smallest absolute Gasteiger partial charge is 0.224 e. The van der Waals surface area contributed by atoms with Gasteiger partial charge in [-0.15, -0.1) is 0 Å². The quantitative estimate of drug-likeness (QED) is 0.844. The zero-order valence-electron chi connectivity index (χ0n) is 8.34. The van der Waals surface area contributed by atoms with Crippen molar-refractivity contribution >= 4 is 29.1 Å². The summed E-state index contributed by atoms with van der Waals surface area (Å²) < 4.78 is 0. The predicted molar refractivity (Wildman–Crippen MR) is 60.5 cm³/mol. The molecule has 1 aromatic carbocycles. The first kappa shape index (κ1) is 12.1. The Kier molecular flexibility index (Phi) is 3.47. The summed E-state index contributed by atoms with van der Waals surface area (Å²) in [6, 6.07) is 1.51. The number of aromatic hydroxyl groups is 1. The van der Waals surface area contributed by atoms with Gasteiger partial charge in [-0.3, -0.25) is 4.79 Å². The van der Waals surface area contributed by atoms with Crippen LogP contribution < -0.4 is 5.73 Å². The number of benzene rings is 1. The van der Waals surface area contributed by atoms with Crippen LogP contribution in [0.1, 0.15) is 24.0 Å². The minimum atomic E-state index is -0.624. The maximum atomic E-state index is 11.0. The summed E-state index contributed by atoms with van der Waals surface area (Å²) in [6.45, 7) is 3.27. The summed E-state index contributed by atoms with van der Waals surface area (Å²) in [5.41, 5.74) is 6.07. The van der Waals surface area contributed by atoms with Crippen LogP contribution in [0.15, 0.2) is 6.07 Å². The van der Waals surface area contributed by atoms with Crippen LogP contribution in [0.2, 0.25) is 10.0 Å². The first-order valence-corrected chi connectivity index (χ1v) is 5.08. The zero-order valence-corrected chi connectivity index (χ0v) is 9.86. The third kappa shape index (κ3) is 2.19. The zero-order chi connectivity index (χ0) is 11.7. The molecule has 0 spiro atoms. The molecule has 0 aliphatic carbocycles. The van der Waals surface area contributed by atoms with E-state index in [1.54, 1.807) is 13.8 Å². The summed E-state index contributed by atoms with van der Waals surface area (Å²) in [7, 11) is 0. The fraction of sp³-hybridized carbons (Fsp3) is 0.300. The Balaban J connectivity index is 3.38. The fourth-order valence-electron chi connectivity index (χ4n) is 1.21. The number of hydrogen-bond acceptors (Lipinski definition) is 2. The second kappa shape index (κ2) is 4.29. The summed E-state index contributed by atoms with van der Waals surface area (Å²) in [5, 5.41) is 10.3. The number of carbonyl (C=O) groups is 1. The lowest BCUT2D eigenvalue weighted by atomic mass is 9.98. The molecule has 0 aromatic heterocycles. The largest absolute Gasteiger partial charge is 0.506 e. The van der Waals surface area contributed by atoms with Gasteiger partial charge in [-0.25, -0.2) is 0 Å². The molecule has 0 heterocycles. The van der Waals surface area contributed by atoms with Gasteiger partial charge in [0.15, 0.2) is 0 Å². The van der Waals surface area contributed by atoms with E-state index >= 15 is 0 Å². The Hall–Kier alpha value is -0.930. The van der Waals surface area contributed by atoms with Crippen LogP contribution in [0, 0.1) is 6.92 Å². The highest BCUT2D eigenvalue weighted by atomic mass is 35.5. The molecule has 82 valence electrons. The van der Waals surface area contributed by atoms with Gasteiger partial charge in [0.25, 0.3) is 0 Å². The van der Waals surface area contributed by atoms with E-state index in [2.05, 4.69) is 0 Å². The minimum absolute atomic E-state index is 0.134. The first-order valence-electron chi connectivity index (χ1n) is 4.33. The normalized spacial score (nSPS) is 12.5. The van der Waals surface area contributed by atoms with Gasteiger partial charge in [0.05, 0.1) is 10.9 Å². The molecule has 0 radical (unpaired) electrons. The van der Waals surface area contributed by atoms with E-state index in [0.717, 1.165) is 0 Å². The third-order valence-corrected chi connectivity index (χ3v) is 3.20. The summed E-state index contributed by atoms with van der Waals surface area (Å²) in [4.78, 5) is 11.0. The van der Waals surface area contributed by atoms with Crippen LogP contribution in [0.4, 0.5) is 0 Å². The molecule has 1 atom stereocenters. The molecular formula is C10H11Cl2NO2. The highest BCUT2D eigenvalue weighted by Gasteiger charge is 2.20. The van der Waals surface area contributed by atoms with E-state index < -0.39 is 11.8 Å². The Bertz CT molecular complexity index is 418. The van der Waals surface area contributed by atoms with Gasteiger partial charge >= 0.3 is 0 Å². The monoisotopic (exact) mass is 247 g/mol. The van der Waals surface area contributed by atoms with E-state index in [9.17, 15) is 9.90 Å². The van der Waals surface area contributed by atoms with Crippen molar-refractivity contribution in [3.8, 4) is 5.75 Å². The van der Waals surface area contributed by atoms with Crippen LogP contribution in [-0.2, 0) is 4.79 Å².